The van der Waals surface area contributed by atoms with Gasteiger partial charge in [0.25, 0.3) is 5.91 Å². The van der Waals surface area contributed by atoms with Gasteiger partial charge in [-0.1, -0.05) is 42.5 Å². The van der Waals surface area contributed by atoms with E-state index in [1.807, 2.05) is 66.7 Å². The second-order valence-electron chi connectivity index (χ2n) is 5.99. The highest BCUT2D eigenvalue weighted by molar-refractivity contribution is 7.10. The minimum absolute atomic E-state index is 0.0179. The van der Waals surface area contributed by atoms with Crippen molar-refractivity contribution in [3.05, 3.63) is 94.3 Å². The van der Waals surface area contributed by atoms with Crippen LogP contribution in [0.1, 0.15) is 26.8 Å². The maximum Gasteiger partial charge on any atom is 0.254 e. The Morgan fingerprint density at radius 3 is 2.52 bits per heavy atom. The number of hydrogen-bond acceptors (Lipinski definition) is 2. The summed E-state index contributed by atoms with van der Waals surface area (Å²) in [5, 5.41) is 3.20. The predicted molar refractivity (Wildman–Crippen MR) is 103 cm³/mol. The molecule has 25 heavy (non-hydrogen) atoms. The summed E-state index contributed by atoms with van der Waals surface area (Å²) in [5.74, 6) is 0.0179. The molecule has 1 amide bonds. The van der Waals surface area contributed by atoms with E-state index >= 15 is 0 Å². The van der Waals surface area contributed by atoms with Gasteiger partial charge >= 0.3 is 0 Å². The Bertz CT molecular complexity index is 989. The van der Waals surface area contributed by atoms with Crippen molar-refractivity contribution in [2.75, 3.05) is 7.05 Å². The van der Waals surface area contributed by atoms with Crippen LogP contribution in [-0.4, -0.2) is 22.8 Å². The van der Waals surface area contributed by atoms with Gasteiger partial charge in [-0.15, -0.1) is 11.3 Å². The number of aromatic nitrogens is 1. The molecular weight excluding hydrogens is 328 g/mol. The van der Waals surface area contributed by atoms with Crippen LogP contribution in [0.15, 0.2) is 78.3 Å². The number of para-hydroxylation sites is 1. The molecule has 0 spiro atoms. The van der Waals surface area contributed by atoms with Crippen molar-refractivity contribution in [1.29, 1.82) is 0 Å². The molecule has 4 rings (SSSR count). The molecule has 1 N–H and O–H groups in total. The number of thiophene rings is 1. The second kappa shape index (κ2) is 6.57. The van der Waals surface area contributed by atoms with Crippen LogP contribution in [0.25, 0.3) is 10.9 Å². The summed E-state index contributed by atoms with van der Waals surface area (Å²) in [5.41, 5.74) is 2.90. The molecule has 4 heteroatoms. The number of carbonyl (C=O) groups is 1. The van der Waals surface area contributed by atoms with Gasteiger partial charge < -0.3 is 9.88 Å². The van der Waals surface area contributed by atoms with Crippen LogP contribution in [-0.2, 0) is 0 Å². The van der Waals surface area contributed by atoms with Gasteiger partial charge in [-0.2, -0.15) is 0 Å². The fourth-order valence-electron chi connectivity index (χ4n) is 3.22. The normalized spacial score (nSPS) is 12.2. The van der Waals surface area contributed by atoms with Gasteiger partial charge in [0.05, 0.1) is 6.04 Å². The van der Waals surface area contributed by atoms with Gasteiger partial charge in [-0.05, 0) is 29.6 Å². The average Bonchev–Trinajstić information content (AvgIpc) is 3.33. The Labute approximate surface area is 150 Å². The number of nitrogens with zero attached hydrogens (tertiary/aromatic N) is 1. The molecule has 3 nitrogen and oxygen atoms in total. The highest BCUT2D eigenvalue weighted by Gasteiger charge is 2.27. The van der Waals surface area contributed by atoms with Crippen molar-refractivity contribution in [2.24, 2.45) is 0 Å². The zero-order valence-electron chi connectivity index (χ0n) is 13.8. The molecule has 2 aromatic heterocycles. The number of amides is 1. The lowest BCUT2D eigenvalue weighted by Crippen LogP contribution is -2.31. The molecule has 0 radical (unpaired) electrons. The molecule has 124 valence electrons. The van der Waals surface area contributed by atoms with Crippen LogP contribution in [0.4, 0.5) is 0 Å². The van der Waals surface area contributed by atoms with E-state index in [4.69, 9.17) is 0 Å². The molecule has 2 aromatic carbocycles. The van der Waals surface area contributed by atoms with E-state index in [1.165, 1.54) is 0 Å². The summed E-state index contributed by atoms with van der Waals surface area (Å²) >= 11 is 1.67. The third-order valence-corrected chi connectivity index (χ3v) is 5.38. The van der Waals surface area contributed by atoms with Crippen molar-refractivity contribution in [1.82, 2.24) is 9.88 Å². The third-order valence-electron chi connectivity index (χ3n) is 4.46. The van der Waals surface area contributed by atoms with Crippen LogP contribution >= 0.6 is 11.3 Å². The summed E-state index contributed by atoms with van der Waals surface area (Å²) in [6.07, 6.45) is 2.02. The van der Waals surface area contributed by atoms with E-state index in [0.29, 0.717) is 5.56 Å². The van der Waals surface area contributed by atoms with Gasteiger partial charge in [0.15, 0.2) is 0 Å². The summed E-state index contributed by atoms with van der Waals surface area (Å²) in [7, 11) is 1.88. The topological polar surface area (TPSA) is 36.1 Å². The first-order chi connectivity index (χ1) is 12.3. The van der Waals surface area contributed by atoms with E-state index in [9.17, 15) is 4.79 Å². The molecule has 1 atom stereocenters. The summed E-state index contributed by atoms with van der Waals surface area (Å²) in [6.45, 7) is 0. The zero-order valence-corrected chi connectivity index (χ0v) is 14.7. The van der Waals surface area contributed by atoms with Gasteiger partial charge in [-0.3, -0.25) is 4.79 Å². The van der Waals surface area contributed by atoms with Gasteiger partial charge in [0.1, 0.15) is 0 Å². The predicted octanol–water partition coefficient (Wildman–Crippen LogP) is 5.09. The minimum atomic E-state index is -0.121. The Hall–Kier alpha value is -2.85. The van der Waals surface area contributed by atoms with Crippen LogP contribution in [0.5, 0.6) is 0 Å². The summed E-state index contributed by atoms with van der Waals surface area (Å²) < 4.78 is 0. The lowest BCUT2D eigenvalue weighted by atomic mass is 10.0. The molecule has 0 fully saturated rings. The standard InChI is InChI=1S/C21H18N2OS/c1-23(21(24)15-8-3-2-4-9-15)20(19-12-7-13-25-19)17-14-22-18-11-6-5-10-16(17)18/h2-14,20,22H,1H3/t20-/m1/s1. The number of hydrogen-bond donors (Lipinski definition) is 1. The SMILES string of the molecule is CN(C(=O)c1ccccc1)[C@@H](c1cccs1)c1c[nH]c2ccccc12. The number of rotatable bonds is 4. The number of fused-ring (bicyclic) bond motifs is 1. The molecule has 0 unspecified atom stereocenters. The summed E-state index contributed by atoms with van der Waals surface area (Å²) in [6, 6.07) is 21.6. The van der Waals surface area contributed by atoms with E-state index < -0.39 is 0 Å². The molecule has 0 aliphatic heterocycles. The monoisotopic (exact) mass is 346 g/mol. The lowest BCUT2D eigenvalue weighted by molar-refractivity contribution is 0.0758. The zero-order chi connectivity index (χ0) is 17.2. The highest BCUT2D eigenvalue weighted by Crippen LogP contribution is 2.35. The number of aromatic amines is 1. The molecular formula is C21H18N2OS. The molecule has 4 aromatic rings. The van der Waals surface area contributed by atoms with E-state index in [-0.39, 0.29) is 11.9 Å². The first-order valence-electron chi connectivity index (χ1n) is 8.17. The Morgan fingerprint density at radius 2 is 1.76 bits per heavy atom. The number of carbonyl (C=O) groups excluding carboxylic acids is 1. The molecule has 0 saturated heterocycles. The van der Waals surface area contributed by atoms with Gasteiger partial charge in [-0.25, -0.2) is 0 Å². The van der Waals surface area contributed by atoms with Crippen LogP contribution in [0, 0.1) is 0 Å². The third kappa shape index (κ3) is 2.85. The van der Waals surface area contributed by atoms with Gasteiger partial charge in [0.2, 0.25) is 0 Å². The number of benzene rings is 2. The quantitative estimate of drug-likeness (QED) is 0.549. The van der Waals surface area contributed by atoms with Gasteiger partial charge in [0, 0.05) is 40.2 Å². The van der Waals surface area contributed by atoms with E-state index in [1.54, 1.807) is 11.3 Å². The number of nitrogens with one attached hydrogen (secondary N) is 1. The van der Waals surface area contributed by atoms with Crippen molar-refractivity contribution < 1.29 is 4.79 Å². The van der Waals surface area contributed by atoms with Crippen molar-refractivity contribution in [2.45, 2.75) is 6.04 Å². The fraction of sp³-hybridized carbons (Fsp3) is 0.0952. The Balaban J connectivity index is 1.81. The van der Waals surface area contributed by atoms with Crippen LogP contribution < -0.4 is 0 Å². The largest absolute Gasteiger partial charge is 0.361 e. The average molecular weight is 346 g/mol. The minimum Gasteiger partial charge on any atom is -0.361 e. The van der Waals surface area contributed by atoms with Crippen molar-refractivity contribution in [3.63, 3.8) is 0 Å². The maximum absolute atomic E-state index is 13.0. The summed E-state index contributed by atoms with van der Waals surface area (Å²) in [4.78, 5) is 19.3. The highest BCUT2D eigenvalue weighted by atomic mass is 32.1. The van der Waals surface area contributed by atoms with Crippen molar-refractivity contribution in [3.8, 4) is 0 Å². The van der Waals surface area contributed by atoms with Crippen LogP contribution in [0.2, 0.25) is 0 Å². The van der Waals surface area contributed by atoms with E-state index in [2.05, 4.69) is 28.6 Å². The lowest BCUT2D eigenvalue weighted by Gasteiger charge is -2.27. The second-order valence-corrected chi connectivity index (χ2v) is 6.97. The number of H-pyrrole nitrogens is 1. The van der Waals surface area contributed by atoms with Crippen LogP contribution in [0.3, 0.4) is 0 Å². The first kappa shape index (κ1) is 15.7. The molecule has 0 aliphatic carbocycles. The van der Waals surface area contributed by atoms with Crippen molar-refractivity contribution >= 4 is 28.1 Å². The Kier molecular flexibility index (Phi) is 4.12. The smallest absolute Gasteiger partial charge is 0.254 e. The molecule has 0 bridgehead atoms. The van der Waals surface area contributed by atoms with E-state index in [0.717, 1.165) is 21.3 Å². The Morgan fingerprint density at radius 1 is 1.00 bits per heavy atom. The first-order valence-corrected chi connectivity index (χ1v) is 9.05. The maximum atomic E-state index is 13.0. The molecule has 0 saturated carbocycles. The fourth-order valence-corrected chi connectivity index (χ4v) is 4.11. The molecule has 2 heterocycles. The molecule has 0 aliphatic rings.